The van der Waals surface area contributed by atoms with E-state index in [1.165, 1.54) is 51.9 Å². The molecule has 3 aromatic carbocycles. The Balaban J connectivity index is 1.19. The average Bonchev–Trinajstić information content (AvgIpc) is 3.56. The van der Waals surface area contributed by atoms with Crippen LogP contribution in [0.2, 0.25) is 0 Å². The van der Waals surface area contributed by atoms with Crippen molar-refractivity contribution in [2.75, 3.05) is 17.2 Å². The van der Waals surface area contributed by atoms with E-state index >= 15 is 0 Å². The molecule has 1 aliphatic heterocycles. The van der Waals surface area contributed by atoms with Gasteiger partial charge in [0.2, 0.25) is 5.91 Å². The van der Waals surface area contributed by atoms with Crippen LogP contribution in [0, 0.1) is 6.92 Å². The highest BCUT2D eigenvalue weighted by molar-refractivity contribution is 8.15. The minimum absolute atomic E-state index is 0.129. The second kappa shape index (κ2) is 11.8. The Morgan fingerprint density at radius 2 is 1.88 bits per heavy atom. The number of amidine groups is 1. The summed E-state index contributed by atoms with van der Waals surface area (Å²) in [5.74, 6) is 0.189. The Bertz CT molecular complexity index is 1600. The molecule has 1 aromatic heterocycles. The predicted molar refractivity (Wildman–Crippen MR) is 149 cm³/mol. The van der Waals surface area contributed by atoms with Gasteiger partial charge < -0.3 is 10.1 Å². The number of urea groups is 1. The van der Waals surface area contributed by atoms with Crippen LogP contribution in [0.1, 0.15) is 11.1 Å². The number of alkyl halides is 3. The molecule has 41 heavy (non-hydrogen) atoms. The number of aromatic nitrogens is 3. The predicted octanol–water partition coefficient (Wildman–Crippen LogP) is 5.53. The van der Waals surface area contributed by atoms with Crippen molar-refractivity contribution in [3.8, 4) is 22.8 Å². The molecule has 5 rings (SSSR count). The SMILES string of the molecule is Cc1ccccc1N1C(=O)CSC1=NC(=O)NCCc1cccc(-c2ncn(-c3ccc(OC(F)(F)F)cc3)n2)c1. The lowest BCUT2D eigenvalue weighted by atomic mass is 10.1. The lowest BCUT2D eigenvalue weighted by Crippen LogP contribution is -2.32. The molecule has 1 fully saturated rings. The highest BCUT2D eigenvalue weighted by Gasteiger charge is 2.32. The summed E-state index contributed by atoms with van der Waals surface area (Å²) in [5, 5.41) is 7.54. The summed E-state index contributed by atoms with van der Waals surface area (Å²) in [4.78, 5) is 34.9. The van der Waals surface area contributed by atoms with Crippen molar-refractivity contribution < 1.29 is 27.5 Å². The van der Waals surface area contributed by atoms with Crippen LogP contribution in [0.25, 0.3) is 17.1 Å². The third kappa shape index (κ3) is 6.92. The highest BCUT2D eigenvalue weighted by Crippen LogP contribution is 2.29. The van der Waals surface area contributed by atoms with Crippen molar-refractivity contribution in [1.29, 1.82) is 0 Å². The van der Waals surface area contributed by atoms with Crippen LogP contribution in [0.5, 0.6) is 5.75 Å². The second-order valence-electron chi connectivity index (χ2n) is 8.94. The standard InChI is InChI=1S/C28H23F3N6O3S/c1-18-5-2-3-8-23(18)37-24(38)16-41-27(37)34-26(39)32-14-13-19-6-4-7-20(15-19)25-33-17-36(35-25)21-9-11-22(12-10-21)40-28(29,30)31/h2-12,15,17H,13-14,16H2,1H3,(H,32,39). The van der Waals surface area contributed by atoms with Gasteiger partial charge in [-0.05, 0) is 60.9 Å². The molecule has 0 radical (unpaired) electrons. The van der Waals surface area contributed by atoms with Gasteiger partial charge >= 0.3 is 12.4 Å². The van der Waals surface area contributed by atoms with Crippen LogP contribution < -0.4 is 15.0 Å². The van der Waals surface area contributed by atoms with Crippen molar-refractivity contribution in [3.05, 3.63) is 90.3 Å². The maximum atomic E-state index is 12.5. The normalized spacial score (nSPS) is 14.5. The zero-order valence-corrected chi connectivity index (χ0v) is 22.4. The van der Waals surface area contributed by atoms with E-state index in [9.17, 15) is 22.8 Å². The van der Waals surface area contributed by atoms with Crippen LogP contribution in [-0.2, 0) is 11.2 Å². The van der Waals surface area contributed by atoms with Gasteiger partial charge in [0.25, 0.3) is 0 Å². The van der Waals surface area contributed by atoms with Crippen molar-refractivity contribution >= 4 is 34.6 Å². The van der Waals surface area contributed by atoms with E-state index < -0.39 is 12.4 Å². The van der Waals surface area contributed by atoms with Crippen LogP contribution >= 0.6 is 11.8 Å². The molecule has 0 spiro atoms. The summed E-state index contributed by atoms with van der Waals surface area (Å²) in [7, 11) is 0. The minimum Gasteiger partial charge on any atom is -0.406 e. The van der Waals surface area contributed by atoms with E-state index in [4.69, 9.17) is 0 Å². The molecule has 13 heteroatoms. The number of carbonyl (C=O) groups excluding carboxylic acids is 2. The Morgan fingerprint density at radius 3 is 2.63 bits per heavy atom. The molecular formula is C28H23F3N6O3S. The van der Waals surface area contributed by atoms with Crippen LogP contribution in [0.4, 0.5) is 23.7 Å². The number of aryl methyl sites for hydroxylation is 1. The molecule has 0 bridgehead atoms. The van der Waals surface area contributed by atoms with Crippen LogP contribution in [0.3, 0.4) is 0 Å². The number of para-hydroxylation sites is 1. The first-order valence-corrected chi connectivity index (χ1v) is 13.4. The van der Waals surface area contributed by atoms with Gasteiger partial charge in [-0.15, -0.1) is 18.3 Å². The van der Waals surface area contributed by atoms with Crippen molar-refractivity contribution in [2.45, 2.75) is 19.7 Å². The zero-order valence-electron chi connectivity index (χ0n) is 21.6. The van der Waals surface area contributed by atoms with Gasteiger partial charge in [-0.1, -0.05) is 48.2 Å². The molecule has 0 saturated carbocycles. The zero-order chi connectivity index (χ0) is 29.0. The molecule has 0 atom stereocenters. The van der Waals surface area contributed by atoms with E-state index in [1.54, 1.807) is 0 Å². The van der Waals surface area contributed by atoms with Gasteiger partial charge in [-0.3, -0.25) is 9.69 Å². The molecule has 1 N–H and O–H groups in total. The number of aliphatic imine (C=N–C) groups is 1. The number of carbonyl (C=O) groups is 2. The maximum Gasteiger partial charge on any atom is 0.573 e. The van der Waals surface area contributed by atoms with Gasteiger partial charge in [0.15, 0.2) is 11.0 Å². The average molecular weight is 581 g/mol. The monoisotopic (exact) mass is 580 g/mol. The molecule has 4 aromatic rings. The fourth-order valence-corrected chi connectivity index (χ4v) is 4.98. The fourth-order valence-electron chi connectivity index (χ4n) is 4.12. The molecule has 1 saturated heterocycles. The summed E-state index contributed by atoms with van der Waals surface area (Å²) in [5.41, 5.74) is 3.78. The van der Waals surface area contributed by atoms with E-state index in [2.05, 4.69) is 25.1 Å². The summed E-state index contributed by atoms with van der Waals surface area (Å²) in [6, 6.07) is 19.7. The van der Waals surface area contributed by atoms with Gasteiger partial charge in [-0.2, -0.15) is 4.99 Å². The van der Waals surface area contributed by atoms with Gasteiger partial charge in [0, 0.05) is 12.1 Å². The molecule has 0 unspecified atom stereocenters. The number of anilines is 1. The molecule has 1 aliphatic rings. The first-order chi connectivity index (χ1) is 19.7. The van der Waals surface area contributed by atoms with Gasteiger partial charge in [0.05, 0.1) is 17.1 Å². The number of benzene rings is 3. The summed E-state index contributed by atoms with van der Waals surface area (Å²) in [6.07, 6.45) is -2.78. The van der Waals surface area contributed by atoms with E-state index in [0.717, 1.165) is 16.7 Å². The van der Waals surface area contributed by atoms with E-state index in [1.807, 2.05) is 55.5 Å². The van der Waals surface area contributed by atoms with Crippen molar-refractivity contribution in [2.24, 2.45) is 4.99 Å². The smallest absolute Gasteiger partial charge is 0.406 e. The van der Waals surface area contributed by atoms with Crippen LogP contribution in [0.15, 0.2) is 84.1 Å². The lowest BCUT2D eigenvalue weighted by Gasteiger charge is -2.18. The summed E-state index contributed by atoms with van der Waals surface area (Å²) < 4.78 is 42.5. The van der Waals surface area contributed by atoms with Gasteiger partial charge in [-0.25, -0.2) is 14.5 Å². The molecule has 0 aliphatic carbocycles. The number of amides is 3. The Morgan fingerprint density at radius 1 is 1.10 bits per heavy atom. The van der Waals surface area contributed by atoms with Crippen LogP contribution in [-0.4, -0.2) is 50.5 Å². The summed E-state index contributed by atoms with van der Waals surface area (Å²) >= 11 is 1.22. The number of ether oxygens (including phenoxy) is 1. The quantitative estimate of drug-likeness (QED) is 0.309. The maximum absolute atomic E-state index is 12.5. The first kappa shape index (κ1) is 27.9. The Hall–Kier alpha value is -4.65. The van der Waals surface area contributed by atoms with Crippen molar-refractivity contribution in [1.82, 2.24) is 20.1 Å². The fraction of sp³-hybridized carbons (Fsp3) is 0.179. The highest BCUT2D eigenvalue weighted by atomic mass is 32.2. The number of nitrogens with zero attached hydrogens (tertiary/aromatic N) is 5. The van der Waals surface area contributed by atoms with Crippen molar-refractivity contribution in [3.63, 3.8) is 0 Å². The third-order valence-electron chi connectivity index (χ3n) is 6.02. The third-order valence-corrected chi connectivity index (χ3v) is 6.94. The minimum atomic E-state index is -4.76. The molecule has 2 heterocycles. The van der Waals surface area contributed by atoms with E-state index in [-0.39, 0.29) is 17.4 Å². The number of halogens is 3. The molecule has 210 valence electrons. The number of hydrogen-bond donors (Lipinski definition) is 1. The number of hydrogen-bond acceptors (Lipinski definition) is 6. The second-order valence-corrected chi connectivity index (χ2v) is 9.88. The Kier molecular flexibility index (Phi) is 8.06. The molecule has 3 amide bonds. The molecule has 9 nitrogen and oxygen atoms in total. The number of nitrogens with one attached hydrogen (secondary N) is 1. The molecular weight excluding hydrogens is 557 g/mol. The Labute approximate surface area is 237 Å². The summed E-state index contributed by atoms with van der Waals surface area (Å²) in [6.45, 7) is 2.21. The number of thioether (sulfide) groups is 1. The van der Waals surface area contributed by atoms with E-state index in [0.29, 0.717) is 35.3 Å². The van der Waals surface area contributed by atoms with Gasteiger partial charge in [0.1, 0.15) is 12.1 Å². The lowest BCUT2D eigenvalue weighted by molar-refractivity contribution is -0.274. The largest absolute Gasteiger partial charge is 0.573 e. The first-order valence-electron chi connectivity index (χ1n) is 12.4. The topological polar surface area (TPSA) is 102 Å². The number of rotatable bonds is 7.